The predicted octanol–water partition coefficient (Wildman–Crippen LogP) is 2.70. The Balaban J connectivity index is 2.48. The third-order valence-corrected chi connectivity index (χ3v) is 4.06. The van der Waals surface area contributed by atoms with E-state index in [2.05, 4.69) is 0 Å². The van der Waals surface area contributed by atoms with Crippen molar-refractivity contribution in [2.45, 2.75) is 37.5 Å². The predicted molar refractivity (Wildman–Crippen MR) is 68.4 cm³/mol. The standard InChI is InChI=1S/C14H20FNO2/c1-18-13-11(15)6-5-10(12(13)17)14(9-16)7-3-2-4-8-14/h5-6,17H,2-4,7-9,16H2,1H3. The summed E-state index contributed by atoms with van der Waals surface area (Å²) in [6.07, 6.45) is 5.26. The van der Waals surface area contributed by atoms with E-state index in [1.54, 1.807) is 6.07 Å². The molecule has 0 bridgehead atoms. The van der Waals surface area contributed by atoms with Crippen molar-refractivity contribution in [3.05, 3.63) is 23.5 Å². The van der Waals surface area contributed by atoms with Gasteiger partial charge in [-0.1, -0.05) is 25.3 Å². The zero-order valence-corrected chi connectivity index (χ0v) is 10.7. The summed E-state index contributed by atoms with van der Waals surface area (Å²) in [5.74, 6) is -0.711. The number of hydrogen-bond donors (Lipinski definition) is 2. The molecule has 3 nitrogen and oxygen atoms in total. The Kier molecular flexibility index (Phi) is 3.76. The average Bonchev–Trinajstić information content (AvgIpc) is 2.40. The van der Waals surface area contributed by atoms with E-state index in [0.717, 1.165) is 31.2 Å². The van der Waals surface area contributed by atoms with Crippen molar-refractivity contribution < 1.29 is 14.2 Å². The molecule has 1 aliphatic rings. The minimum absolute atomic E-state index is 0.0779. The van der Waals surface area contributed by atoms with Crippen LogP contribution >= 0.6 is 0 Å². The highest BCUT2D eigenvalue weighted by atomic mass is 19.1. The van der Waals surface area contributed by atoms with Crippen LogP contribution in [-0.4, -0.2) is 18.8 Å². The maximum atomic E-state index is 13.5. The van der Waals surface area contributed by atoms with E-state index in [1.165, 1.54) is 19.6 Å². The molecule has 1 fully saturated rings. The van der Waals surface area contributed by atoms with Crippen molar-refractivity contribution in [1.29, 1.82) is 0 Å². The number of aromatic hydroxyl groups is 1. The van der Waals surface area contributed by atoms with E-state index in [-0.39, 0.29) is 16.9 Å². The lowest BCUT2D eigenvalue weighted by molar-refractivity contribution is 0.282. The molecule has 1 aromatic rings. The van der Waals surface area contributed by atoms with Crippen LogP contribution in [-0.2, 0) is 5.41 Å². The van der Waals surface area contributed by atoms with Crippen LogP contribution in [0, 0.1) is 5.82 Å². The lowest BCUT2D eigenvalue weighted by atomic mass is 9.69. The number of benzene rings is 1. The minimum atomic E-state index is -0.540. The van der Waals surface area contributed by atoms with Crippen LogP contribution in [0.2, 0.25) is 0 Å². The van der Waals surface area contributed by atoms with Crippen molar-refractivity contribution in [2.24, 2.45) is 5.73 Å². The van der Waals surface area contributed by atoms with E-state index < -0.39 is 5.82 Å². The first-order chi connectivity index (χ1) is 8.64. The Labute approximate surface area is 107 Å². The summed E-state index contributed by atoms with van der Waals surface area (Å²) < 4.78 is 18.4. The first-order valence-corrected chi connectivity index (χ1v) is 6.40. The molecular weight excluding hydrogens is 233 g/mol. The zero-order chi connectivity index (χ0) is 13.2. The van der Waals surface area contributed by atoms with Crippen molar-refractivity contribution >= 4 is 0 Å². The molecule has 0 atom stereocenters. The lowest BCUT2D eigenvalue weighted by Gasteiger charge is -2.37. The maximum absolute atomic E-state index is 13.5. The molecule has 0 aliphatic heterocycles. The van der Waals surface area contributed by atoms with E-state index in [0.29, 0.717) is 6.54 Å². The lowest BCUT2D eigenvalue weighted by Crippen LogP contribution is -2.37. The van der Waals surface area contributed by atoms with Gasteiger partial charge in [-0.2, -0.15) is 0 Å². The van der Waals surface area contributed by atoms with Gasteiger partial charge in [-0.25, -0.2) is 4.39 Å². The third kappa shape index (κ3) is 2.05. The molecule has 0 heterocycles. The zero-order valence-electron chi connectivity index (χ0n) is 10.7. The van der Waals surface area contributed by atoms with Crippen molar-refractivity contribution in [3.63, 3.8) is 0 Å². The summed E-state index contributed by atoms with van der Waals surface area (Å²) in [7, 11) is 1.36. The number of ether oxygens (including phenoxy) is 1. The molecule has 100 valence electrons. The quantitative estimate of drug-likeness (QED) is 0.870. The van der Waals surface area contributed by atoms with Gasteiger partial charge in [-0.15, -0.1) is 0 Å². The molecule has 18 heavy (non-hydrogen) atoms. The van der Waals surface area contributed by atoms with Gasteiger partial charge in [-0.3, -0.25) is 0 Å². The Hall–Kier alpha value is -1.29. The van der Waals surface area contributed by atoms with E-state index in [9.17, 15) is 9.50 Å². The number of halogens is 1. The highest BCUT2D eigenvalue weighted by molar-refractivity contribution is 5.50. The van der Waals surface area contributed by atoms with Crippen molar-refractivity contribution in [1.82, 2.24) is 0 Å². The van der Waals surface area contributed by atoms with Gasteiger partial charge in [0.15, 0.2) is 17.3 Å². The smallest absolute Gasteiger partial charge is 0.196 e. The maximum Gasteiger partial charge on any atom is 0.196 e. The Morgan fingerprint density at radius 3 is 2.56 bits per heavy atom. The number of rotatable bonds is 3. The van der Waals surface area contributed by atoms with Gasteiger partial charge in [0.25, 0.3) is 0 Å². The fourth-order valence-electron chi connectivity index (χ4n) is 2.98. The van der Waals surface area contributed by atoms with Crippen LogP contribution < -0.4 is 10.5 Å². The molecule has 0 spiro atoms. The molecule has 1 aliphatic carbocycles. The van der Waals surface area contributed by atoms with Crippen LogP contribution in [0.25, 0.3) is 0 Å². The van der Waals surface area contributed by atoms with Gasteiger partial charge >= 0.3 is 0 Å². The summed E-state index contributed by atoms with van der Waals surface area (Å²) in [5.41, 5.74) is 6.42. The second kappa shape index (κ2) is 5.14. The summed E-state index contributed by atoms with van der Waals surface area (Å²) in [6.45, 7) is 0.468. The van der Waals surface area contributed by atoms with Gasteiger partial charge in [0, 0.05) is 17.5 Å². The van der Waals surface area contributed by atoms with E-state index in [1.807, 2.05) is 0 Å². The molecular formula is C14H20FNO2. The Morgan fingerprint density at radius 1 is 1.33 bits per heavy atom. The second-order valence-corrected chi connectivity index (χ2v) is 5.02. The van der Waals surface area contributed by atoms with Gasteiger partial charge in [0.1, 0.15) is 0 Å². The van der Waals surface area contributed by atoms with Gasteiger partial charge in [0.2, 0.25) is 0 Å². The first-order valence-electron chi connectivity index (χ1n) is 6.40. The number of phenols is 1. The summed E-state index contributed by atoms with van der Waals surface area (Å²) >= 11 is 0. The third-order valence-electron chi connectivity index (χ3n) is 4.06. The van der Waals surface area contributed by atoms with Crippen molar-refractivity contribution in [3.8, 4) is 11.5 Å². The molecule has 1 aromatic carbocycles. The molecule has 0 unspecified atom stereocenters. The number of phenolic OH excluding ortho intramolecular Hbond substituents is 1. The topological polar surface area (TPSA) is 55.5 Å². The van der Waals surface area contributed by atoms with Crippen LogP contribution in [0.5, 0.6) is 11.5 Å². The largest absolute Gasteiger partial charge is 0.504 e. The van der Waals surface area contributed by atoms with Crippen molar-refractivity contribution in [2.75, 3.05) is 13.7 Å². The number of nitrogens with two attached hydrogens (primary N) is 1. The summed E-state index contributed by atoms with van der Waals surface area (Å²) in [6, 6.07) is 2.99. The molecule has 0 aromatic heterocycles. The summed E-state index contributed by atoms with van der Waals surface area (Å²) in [5, 5.41) is 10.2. The van der Waals surface area contributed by atoms with E-state index in [4.69, 9.17) is 10.5 Å². The Morgan fingerprint density at radius 2 is 2.00 bits per heavy atom. The fourth-order valence-corrected chi connectivity index (χ4v) is 2.98. The minimum Gasteiger partial charge on any atom is -0.504 e. The van der Waals surface area contributed by atoms with Gasteiger partial charge in [0.05, 0.1) is 7.11 Å². The molecule has 0 radical (unpaired) electrons. The van der Waals surface area contributed by atoms with Crippen LogP contribution in [0.4, 0.5) is 4.39 Å². The fraction of sp³-hybridized carbons (Fsp3) is 0.571. The first kappa shape index (κ1) is 13.1. The highest BCUT2D eigenvalue weighted by Crippen LogP contribution is 2.45. The monoisotopic (exact) mass is 253 g/mol. The second-order valence-electron chi connectivity index (χ2n) is 5.02. The summed E-state index contributed by atoms with van der Waals surface area (Å²) in [4.78, 5) is 0. The van der Waals surface area contributed by atoms with Crippen LogP contribution in [0.1, 0.15) is 37.7 Å². The molecule has 4 heteroatoms. The van der Waals surface area contributed by atoms with Crippen LogP contribution in [0.15, 0.2) is 12.1 Å². The van der Waals surface area contributed by atoms with E-state index >= 15 is 0 Å². The molecule has 0 saturated heterocycles. The van der Waals surface area contributed by atoms with Gasteiger partial charge in [-0.05, 0) is 18.9 Å². The molecule has 2 rings (SSSR count). The SMILES string of the molecule is COc1c(F)ccc(C2(CN)CCCCC2)c1O. The number of hydrogen-bond acceptors (Lipinski definition) is 3. The van der Waals surface area contributed by atoms with Gasteiger partial charge < -0.3 is 15.6 Å². The molecule has 1 saturated carbocycles. The van der Waals surface area contributed by atoms with Crippen LogP contribution in [0.3, 0.4) is 0 Å². The molecule has 0 amide bonds. The number of methoxy groups -OCH3 is 1. The average molecular weight is 253 g/mol. The normalized spacial score (nSPS) is 18.6. The Bertz CT molecular complexity index is 428. The molecule has 3 N–H and O–H groups in total. The highest BCUT2D eigenvalue weighted by Gasteiger charge is 2.36.